The number of amides is 2. The molecule has 0 aromatic heterocycles. The average Bonchev–Trinajstić information content (AvgIpc) is 2.33. The van der Waals surface area contributed by atoms with E-state index in [4.69, 9.17) is 5.11 Å². The Kier molecular flexibility index (Phi) is 5.87. The number of nitrogens with one attached hydrogen (secondary N) is 2. The predicted octanol–water partition coefficient (Wildman–Crippen LogP) is 3.10. The number of carboxylic acid groups (broad SMARTS) is 1. The molecule has 1 atom stereocenters. The van der Waals surface area contributed by atoms with Crippen molar-refractivity contribution in [2.24, 2.45) is 0 Å². The number of carbonyl (C=O) groups is 2. The zero-order valence-corrected chi connectivity index (χ0v) is 12.1. The maximum atomic E-state index is 13.5. The molecule has 3 N–H and O–H groups in total. The molecule has 20 heavy (non-hydrogen) atoms. The van der Waals surface area contributed by atoms with Crippen LogP contribution < -0.4 is 10.6 Å². The second-order valence-electron chi connectivity index (χ2n) is 4.02. The van der Waals surface area contributed by atoms with E-state index in [1.807, 2.05) is 0 Å². The summed E-state index contributed by atoms with van der Waals surface area (Å²) in [6, 6.07) is -0.347. The molecular formula is C12H13BrF2N2O3. The second-order valence-corrected chi connectivity index (χ2v) is 4.88. The summed E-state index contributed by atoms with van der Waals surface area (Å²) in [7, 11) is 0. The van der Waals surface area contributed by atoms with Gasteiger partial charge in [0, 0.05) is 10.5 Å². The summed E-state index contributed by atoms with van der Waals surface area (Å²) in [4.78, 5) is 22.5. The number of rotatable bonds is 5. The summed E-state index contributed by atoms with van der Waals surface area (Å²) in [6.45, 7) is 1.77. The first-order chi connectivity index (χ1) is 9.35. The Hall–Kier alpha value is -1.70. The molecule has 0 aliphatic rings. The molecule has 0 unspecified atom stereocenters. The van der Waals surface area contributed by atoms with Crippen LogP contribution in [0.15, 0.2) is 16.6 Å². The quantitative estimate of drug-likeness (QED) is 0.763. The maximum Gasteiger partial charge on any atom is 0.326 e. The molecule has 0 radical (unpaired) electrons. The Morgan fingerprint density at radius 1 is 1.40 bits per heavy atom. The molecule has 1 rings (SSSR count). The van der Waals surface area contributed by atoms with Gasteiger partial charge < -0.3 is 15.7 Å². The summed E-state index contributed by atoms with van der Waals surface area (Å²) in [5, 5.41) is 13.2. The zero-order chi connectivity index (χ0) is 15.3. The number of halogens is 3. The molecule has 0 bridgehead atoms. The minimum atomic E-state index is -1.18. The highest BCUT2D eigenvalue weighted by atomic mass is 79.9. The van der Waals surface area contributed by atoms with Gasteiger partial charge in [0.1, 0.15) is 11.9 Å². The number of urea groups is 1. The fourth-order valence-electron chi connectivity index (χ4n) is 1.52. The monoisotopic (exact) mass is 350 g/mol. The van der Waals surface area contributed by atoms with Gasteiger partial charge in [-0.3, -0.25) is 0 Å². The van der Waals surface area contributed by atoms with Crippen molar-refractivity contribution in [1.29, 1.82) is 0 Å². The second kappa shape index (κ2) is 7.18. The third-order valence-corrected chi connectivity index (χ3v) is 3.05. The number of hydrogen-bond donors (Lipinski definition) is 3. The lowest BCUT2D eigenvalue weighted by molar-refractivity contribution is -0.139. The third-order valence-electron chi connectivity index (χ3n) is 2.43. The van der Waals surface area contributed by atoms with E-state index in [9.17, 15) is 18.4 Å². The van der Waals surface area contributed by atoms with Gasteiger partial charge in [-0.1, -0.05) is 13.3 Å². The Morgan fingerprint density at radius 3 is 2.55 bits per heavy atom. The Labute approximate surface area is 122 Å². The van der Waals surface area contributed by atoms with Gasteiger partial charge in [-0.2, -0.15) is 0 Å². The van der Waals surface area contributed by atoms with Crippen LogP contribution in [0.2, 0.25) is 0 Å². The lowest BCUT2D eigenvalue weighted by Gasteiger charge is -2.15. The summed E-state index contributed by atoms with van der Waals surface area (Å²) in [6.07, 6.45) is 0.807. The largest absolute Gasteiger partial charge is 0.480 e. The van der Waals surface area contributed by atoms with E-state index in [0.717, 1.165) is 6.07 Å². The van der Waals surface area contributed by atoms with Gasteiger partial charge in [0.15, 0.2) is 5.82 Å². The zero-order valence-electron chi connectivity index (χ0n) is 10.5. The van der Waals surface area contributed by atoms with Crippen LogP contribution in [0.5, 0.6) is 0 Å². The molecular weight excluding hydrogens is 338 g/mol. The van der Waals surface area contributed by atoms with E-state index in [0.29, 0.717) is 12.5 Å². The minimum absolute atomic E-state index is 0.0208. The first-order valence-corrected chi connectivity index (χ1v) is 6.59. The Bertz CT molecular complexity index is 502. The van der Waals surface area contributed by atoms with Crippen LogP contribution in [-0.4, -0.2) is 23.1 Å². The van der Waals surface area contributed by atoms with Crippen molar-refractivity contribution in [3.8, 4) is 0 Å². The molecule has 0 heterocycles. The molecule has 1 aromatic carbocycles. The molecule has 0 saturated carbocycles. The summed E-state index contributed by atoms with van der Waals surface area (Å²) >= 11 is 2.91. The Morgan fingerprint density at radius 2 is 2.05 bits per heavy atom. The highest BCUT2D eigenvalue weighted by Gasteiger charge is 2.20. The summed E-state index contributed by atoms with van der Waals surface area (Å²) in [5.41, 5.74) is -0.260. The van der Waals surface area contributed by atoms with Crippen molar-refractivity contribution in [2.75, 3.05) is 5.32 Å². The van der Waals surface area contributed by atoms with Crippen LogP contribution in [0, 0.1) is 11.6 Å². The summed E-state index contributed by atoms with van der Waals surface area (Å²) in [5.74, 6) is -2.94. The molecule has 0 fully saturated rings. The van der Waals surface area contributed by atoms with E-state index >= 15 is 0 Å². The molecule has 110 valence electrons. The minimum Gasteiger partial charge on any atom is -0.480 e. The van der Waals surface area contributed by atoms with Crippen LogP contribution in [0.25, 0.3) is 0 Å². The van der Waals surface area contributed by atoms with Gasteiger partial charge in [0.05, 0.1) is 5.69 Å². The van der Waals surface area contributed by atoms with Crippen LogP contribution in [0.1, 0.15) is 19.8 Å². The van der Waals surface area contributed by atoms with Crippen LogP contribution in [0.3, 0.4) is 0 Å². The van der Waals surface area contributed by atoms with Crippen LogP contribution in [0.4, 0.5) is 19.3 Å². The van der Waals surface area contributed by atoms with Crippen molar-refractivity contribution in [2.45, 2.75) is 25.8 Å². The maximum absolute atomic E-state index is 13.5. The fraction of sp³-hybridized carbons (Fsp3) is 0.333. The first-order valence-electron chi connectivity index (χ1n) is 5.80. The first kappa shape index (κ1) is 16.4. The number of carbonyl (C=O) groups excluding carboxylic acids is 1. The molecule has 0 aliphatic carbocycles. The average molecular weight is 351 g/mol. The molecule has 2 amide bonds. The molecule has 1 aromatic rings. The number of benzene rings is 1. The van der Waals surface area contributed by atoms with E-state index in [2.05, 4.69) is 26.6 Å². The highest BCUT2D eigenvalue weighted by molar-refractivity contribution is 9.10. The van der Waals surface area contributed by atoms with Crippen LogP contribution >= 0.6 is 15.9 Å². The van der Waals surface area contributed by atoms with E-state index in [1.165, 1.54) is 0 Å². The molecule has 0 spiro atoms. The smallest absolute Gasteiger partial charge is 0.326 e. The summed E-state index contributed by atoms with van der Waals surface area (Å²) < 4.78 is 26.4. The van der Waals surface area contributed by atoms with E-state index < -0.39 is 29.7 Å². The van der Waals surface area contributed by atoms with Gasteiger partial charge in [-0.25, -0.2) is 18.4 Å². The van der Waals surface area contributed by atoms with E-state index in [-0.39, 0.29) is 16.6 Å². The van der Waals surface area contributed by atoms with Gasteiger partial charge >= 0.3 is 12.0 Å². The van der Waals surface area contributed by atoms with Gasteiger partial charge in [-0.05, 0) is 28.4 Å². The topological polar surface area (TPSA) is 78.4 Å². The SMILES string of the molecule is CCC[C@H](NC(=O)Nc1c(F)cc(F)cc1Br)C(=O)O. The lowest BCUT2D eigenvalue weighted by Crippen LogP contribution is -2.43. The normalized spacial score (nSPS) is 11.8. The van der Waals surface area contributed by atoms with Crippen molar-refractivity contribution >= 4 is 33.6 Å². The van der Waals surface area contributed by atoms with Gasteiger partial charge in [0.2, 0.25) is 0 Å². The molecule has 0 saturated heterocycles. The van der Waals surface area contributed by atoms with E-state index in [1.54, 1.807) is 6.92 Å². The third kappa shape index (κ3) is 4.44. The number of hydrogen-bond acceptors (Lipinski definition) is 2. The van der Waals surface area contributed by atoms with Gasteiger partial charge in [0.25, 0.3) is 0 Å². The standard InChI is InChI=1S/C12H13BrF2N2O3/c1-2-3-9(11(18)19)16-12(20)17-10-7(13)4-6(14)5-8(10)15/h4-5,9H,2-3H2,1H3,(H,18,19)(H2,16,17,20)/t9-/m0/s1. The number of aliphatic carboxylic acids is 1. The van der Waals surface area contributed by atoms with Crippen molar-refractivity contribution in [3.05, 3.63) is 28.2 Å². The molecule has 5 nitrogen and oxygen atoms in total. The number of carboxylic acids is 1. The Balaban J connectivity index is 2.78. The fourth-order valence-corrected chi connectivity index (χ4v) is 2.02. The van der Waals surface area contributed by atoms with Crippen molar-refractivity contribution in [3.63, 3.8) is 0 Å². The molecule has 8 heteroatoms. The molecule has 0 aliphatic heterocycles. The lowest BCUT2D eigenvalue weighted by atomic mass is 10.2. The van der Waals surface area contributed by atoms with Crippen LogP contribution in [-0.2, 0) is 4.79 Å². The van der Waals surface area contributed by atoms with Crippen molar-refractivity contribution < 1.29 is 23.5 Å². The van der Waals surface area contributed by atoms with Gasteiger partial charge in [-0.15, -0.1) is 0 Å². The number of anilines is 1. The highest BCUT2D eigenvalue weighted by Crippen LogP contribution is 2.26. The predicted molar refractivity (Wildman–Crippen MR) is 72.5 cm³/mol. The van der Waals surface area contributed by atoms with Crippen molar-refractivity contribution in [1.82, 2.24) is 5.32 Å².